The van der Waals surface area contributed by atoms with Gasteiger partial charge in [0.2, 0.25) is 0 Å². The maximum atomic E-state index is 2.71. The van der Waals surface area contributed by atoms with E-state index < -0.39 is 0 Å². The van der Waals surface area contributed by atoms with Crippen LogP contribution in [0.5, 0.6) is 0 Å². The van der Waals surface area contributed by atoms with Crippen molar-refractivity contribution < 1.29 is 0 Å². The highest BCUT2D eigenvalue weighted by Crippen LogP contribution is 2.73. The van der Waals surface area contributed by atoms with Gasteiger partial charge in [-0.25, -0.2) is 0 Å². The van der Waals surface area contributed by atoms with E-state index in [0.717, 1.165) is 22.7 Å². The van der Waals surface area contributed by atoms with Crippen LogP contribution in [0.3, 0.4) is 0 Å². The fourth-order valence-corrected chi connectivity index (χ4v) is 8.04. The third-order valence-corrected chi connectivity index (χ3v) is 8.78. The normalized spacial score (nSPS) is 57.0. The predicted molar refractivity (Wildman–Crippen MR) is 85.6 cm³/mol. The SMILES string of the molecule is CC1(C)CCC[C@@]2(C)[C@@H]3CC[C@]4(C)CC[C@@]3(CC[C@@H]12)C4. The number of fused-ring (bicyclic) bond motifs is 3. The minimum absolute atomic E-state index is 0.605. The molecule has 4 rings (SSSR count). The van der Waals surface area contributed by atoms with Gasteiger partial charge in [-0.1, -0.05) is 34.1 Å². The van der Waals surface area contributed by atoms with Gasteiger partial charge in [0.15, 0.2) is 0 Å². The van der Waals surface area contributed by atoms with Crippen LogP contribution in [0.1, 0.15) is 91.9 Å². The van der Waals surface area contributed by atoms with Crippen LogP contribution in [0.25, 0.3) is 0 Å². The van der Waals surface area contributed by atoms with E-state index in [1.807, 2.05) is 0 Å². The lowest BCUT2D eigenvalue weighted by molar-refractivity contribution is -0.149. The Kier molecular flexibility index (Phi) is 2.63. The van der Waals surface area contributed by atoms with Crippen molar-refractivity contribution >= 4 is 0 Å². The third-order valence-electron chi connectivity index (χ3n) is 8.78. The van der Waals surface area contributed by atoms with Gasteiger partial charge in [-0.3, -0.25) is 0 Å². The second kappa shape index (κ2) is 3.85. The molecule has 4 fully saturated rings. The molecular formula is C20H34. The van der Waals surface area contributed by atoms with Gasteiger partial charge in [-0.15, -0.1) is 0 Å². The zero-order chi connectivity index (χ0) is 14.2. The van der Waals surface area contributed by atoms with Gasteiger partial charge >= 0.3 is 0 Å². The largest absolute Gasteiger partial charge is 0.0596 e. The first-order chi connectivity index (χ1) is 9.30. The topological polar surface area (TPSA) is 0 Å². The van der Waals surface area contributed by atoms with Crippen LogP contribution in [0.4, 0.5) is 0 Å². The summed E-state index contributed by atoms with van der Waals surface area (Å²) in [7, 11) is 0. The summed E-state index contributed by atoms with van der Waals surface area (Å²) < 4.78 is 0. The molecule has 0 aromatic heterocycles. The Labute approximate surface area is 126 Å². The van der Waals surface area contributed by atoms with Crippen molar-refractivity contribution in [1.29, 1.82) is 0 Å². The van der Waals surface area contributed by atoms with Gasteiger partial charge < -0.3 is 0 Å². The van der Waals surface area contributed by atoms with Crippen LogP contribution in [-0.2, 0) is 0 Å². The lowest BCUT2D eigenvalue weighted by Crippen LogP contribution is -2.56. The lowest BCUT2D eigenvalue weighted by Gasteiger charge is -2.64. The van der Waals surface area contributed by atoms with E-state index in [4.69, 9.17) is 0 Å². The highest BCUT2D eigenvalue weighted by Gasteiger charge is 2.64. The molecule has 0 nitrogen and oxygen atoms in total. The van der Waals surface area contributed by atoms with Gasteiger partial charge in [0.25, 0.3) is 0 Å². The monoisotopic (exact) mass is 274 g/mol. The summed E-state index contributed by atoms with van der Waals surface area (Å²) >= 11 is 0. The van der Waals surface area contributed by atoms with Gasteiger partial charge in [0.05, 0.1) is 0 Å². The molecule has 0 N–H and O–H groups in total. The summed E-state index contributed by atoms with van der Waals surface area (Å²) in [6.45, 7) is 10.5. The first-order valence-electron chi connectivity index (χ1n) is 9.30. The van der Waals surface area contributed by atoms with Crippen LogP contribution in [0, 0.1) is 33.5 Å². The van der Waals surface area contributed by atoms with Gasteiger partial charge in [-0.2, -0.15) is 0 Å². The van der Waals surface area contributed by atoms with Crippen molar-refractivity contribution in [3.05, 3.63) is 0 Å². The van der Waals surface area contributed by atoms with E-state index in [1.165, 1.54) is 38.5 Å². The van der Waals surface area contributed by atoms with Crippen LogP contribution < -0.4 is 0 Å². The van der Waals surface area contributed by atoms with Gasteiger partial charge in [-0.05, 0) is 91.3 Å². The van der Waals surface area contributed by atoms with Crippen molar-refractivity contribution in [2.75, 3.05) is 0 Å². The molecule has 20 heavy (non-hydrogen) atoms. The van der Waals surface area contributed by atoms with Crippen LogP contribution in [-0.4, -0.2) is 0 Å². The van der Waals surface area contributed by atoms with E-state index in [2.05, 4.69) is 27.7 Å². The molecule has 5 atom stereocenters. The molecule has 1 spiro atoms. The molecule has 0 saturated heterocycles. The highest BCUT2D eigenvalue weighted by atomic mass is 14.7. The molecule has 4 aliphatic carbocycles. The standard InChI is InChI=1S/C20H34/c1-17(2)8-5-9-19(4)15(17)7-11-20-13-12-18(3,14-20)10-6-16(19)20/h15-16H,5-14H2,1-4H3/t15-,16-,18+,19+,20-/m0/s1. The van der Waals surface area contributed by atoms with Crippen LogP contribution in [0.2, 0.25) is 0 Å². The van der Waals surface area contributed by atoms with Crippen LogP contribution in [0.15, 0.2) is 0 Å². The summed E-state index contributed by atoms with van der Waals surface area (Å²) in [6.07, 6.45) is 15.4. The Hall–Kier alpha value is 0. The zero-order valence-corrected chi connectivity index (χ0v) is 14.2. The Morgan fingerprint density at radius 2 is 1.45 bits per heavy atom. The second-order valence-electron chi connectivity index (χ2n) is 10.4. The van der Waals surface area contributed by atoms with Gasteiger partial charge in [0.1, 0.15) is 0 Å². The predicted octanol–water partition coefficient (Wildman–Crippen LogP) is 6.20. The van der Waals surface area contributed by atoms with Crippen molar-refractivity contribution in [1.82, 2.24) is 0 Å². The molecule has 0 aromatic carbocycles. The molecule has 0 heteroatoms. The summed E-state index contributed by atoms with van der Waals surface area (Å²) in [5.74, 6) is 2.06. The smallest absolute Gasteiger partial charge is 0.0258 e. The van der Waals surface area contributed by atoms with Crippen molar-refractivity contribution in [2.24, 2.45) is 33.5 Å². The summed E-state index contributed by atoms with van der Waals surface area (Å²) in [6, 6.07) is 0. The Balaban J connectivity index is 1.73. The molecule has 114 valence electrons. The molecule has 2 bridgehead atoms. The first-order valence-corrected chi connectivity index (χ1v) is 9.30. The average molecular weight is 274 g/mol. The third kappa shape index (κ3) is 1.60. The number of hydrogen-bond donors (Lipinski definition) is 0. The van der Waals surface area contributed by atoms with Crippen molar-refractivity contribution in [3.8, 4) is 0 Å². The Morgan fingerprint density at radius 3 is 2.25 bits per heavy atom. The highest BCUT2D eigenvalue weighted by molar-refractivity contribution is 5.13. The lowest BCUT2D eigenvalue weighted by atomic mass is 9.40. The molecule has 0 amide bonds. The summed E-state index contributed by atoms with van der Waals surface area (Å²) in [4.78, 5) is 0. The fraction of sp³-hybridized carbons (Fsp3) is 1.00. The fourth-order valence-electron chi connectivity index (χ4n) is 8.04. The second-order valence-corrected chi connectivity index (χ2v) is 10.4. The molecule has 0 unspecified atom stereocenters. The van der Waals surface area contributed by atoms with E-state index in [0.29, 0.717) is 10.8 Å². The summed E-state index contributed by atoms with van der Waals surface area (Å²) in [5, 5.41) is 0. The molecule has 4 saturated carbocycles. The van der Waals surface area contributed by atoms with Crippen molar-refractivity contribution in [3.63, 3.8) is 0 Å². The van der Waals surface area contributed by atoms with E-state index in [1.54, 1.807) is 25.7 Å². The van der Waals surface area contributed by atoms with Crippen molar-refractivity contribution in [2.45, 2.75) is 91.9 Å². The Morgan fingerprint density at radius 1 is 0.700 bits per heavy atom. The maximum Gasteiger partial charge on any atom is -0.0258 e. The number of rotatable bonds is 0. The molecule has 0 aromatic rings. The number of hydrogen-bond acceptors (Lipinski definition) is 0. The summed E-state index contributed by atoms with van der Waals surface area (Å²) in [5.41, 5.74) is 2.77. The Bertz CT molecular complexity index is 422. The molecule has 0 radical (unpaired) electrons. The molecule has 0 aliphatic heterocycles. The molecule has 4 aliphatic rings. The quantitative estimate of drug-likeness (QED) is 0.493. The minimum Gasteiger partial charge on any atom is -0.0596 e. The maximum absolute atomic E-state index is 2.71. The molecule has 0 heterocycles. The van der Waals surface area contributed by atoms with Crippen LogP contribution >= 0.6 is 0 Å². The van der Waals surface area contributed by atoms with E-state index in [9.17, 15) is 0 Å². The average Bonchev–Trinajstić information content (AvgIpc) is 2.58. The van der Waals surface area contributed by atoms with E-state index in [-0.39, 0.29) is 0 Å². The first kappa shape index (κ1) is 13.6. The zero-order valence-electron chi connectivity index (χ0n) is 14.2. The van der Waals surface area contributed by atoms with E-state index >= 15 is 0 Å². The minimum atomic E-state index is 0.605. The van der Waals surface area contributed by atoms with Gasteiger partial charge in [0, 0.05) is 0 Å². The molecular weight excluding hydrogens is 240 g/mol.